The van der Waals surface area contributed by atoms with Crippen molar-refractivity contribution in [2.75, 3.05) is 7.05 Å². The molecule has 0 saturated heterocycles. The molecule has 6 unspecified atom stereocenters. The molecule has 25 heavy (non-hydrogen) atoms. The second-order valence-electron chi connectivity index (χ2n) is 9.37. The largest absolute Gasteiger partial charge is 0.297 e. The molecule has 0 heterocycles. The van der Waals surface area contributed by atoms with Crippen LogP contribution in [0.25, 0.3) is 0 Å². The van der Waals surface area contributed by atoms with Gasteiger partial charge in [0.1, 0.15) is 0 Å². The average Bonchev–Trinajstić information content (AvgIpc) is 3.35. The summed E-state index contributed by atoms with van der Waals surface area (Å²) in [6, 6.07) is 1.17. The van der Waals surface area contributed by atoms with Crippen LogP contribution < -0.4 is 0 Å². The van der Waals surface area contributed by atoms with Crippen LogP contribution in [0.3, 0.4) is 0 Å². The van der Waals surface area contributed by atoms with Crippen molar-refractivity contribution in [3.05, 3.63) is 12.2 Å². The topological polar surface area (TPSA) is 3.24 Å². The van der Waals surface area contributed by atoms with E-state index >= 15 is 0 Å². The van der Waals surface area contributed by atoms with Gasteiger partial charge in [-0.05, 0) is 69.2 Å². The van der Waals surface area contributed by atoms with E-state index in [2.05, 4.69) is 67.0 Å². The molecular weight excluding hydrogens is 302 g/mol. The van der Waals surface area contributed by atoms with Crippen LogP contribution in [0.4, 0.5) is 0 Å². The summed E-state index contributed by atoms with van der Waals surface area (Å²) in [6.45, 7) is 21.1. The third-order valence-electron chi connectivity index (χ3n) is 7.25. The fraction of sp³-hybridized carbons (Fsp3) is 0.917. The summed E-state index contributed by atoms with van der Waals surface area (Å²) in [6.07, 6.45) is 9.32. The summed E-state index contributed by atoms with van der Waals surface area (Å²) < 4.78 is 0. The van der Waals surface area contributed by atoms with Crippen molar-refractivity contribution >= 4 is 0 Å². The molecule has 1 saturated carbocycles. The minimum Gasteiger partial charge on any atom is -0.297 e. The molecule has 0 N–H and O–H groups in total. The molecule has 0 bridgehead atoms. The predicted octanol–water partition coefficient (Wildman–Crippen LogP) is 7.18. The second kappa shape index (κ2) is 10.8. The minimum absolute atomic E-state index is 0.556. The van der Waals surface area contributed by atoms with Gasteiger partial charge in [0.2, 0.25) is 0 Å². The molecule has 148 valence electrons. The number of likely N-dealkylation sites (N-methyl/N-ethyl adjacent to an activating group) is 1. The van der Waals surface area contributed by atoms with Crippen molar-refractivity contribution in [1.82, 2.24) is 4.90 Å². The second-order valence-corrected chi connectivity index (χ2v) is 9.37. The van der Waals surface area contributed by atoms with E-state index in [-0.39, 0.29) is 0 Å². The number of hydrogen-bond acceptors (Lipinski definition) is 1. The van der Waals surface area contributed by atoms with Crippen LogP contribution in [0.5, 0.6) is 0 Å². The molecule has 0 aromatic carbocycles. The molecule has 0 aromatic heterocycles. The van der Waals surface area contributed by atoms with Crippen LogP contribution in [0.15, 0.2) is 12.2 Å². The lowest BCUT2D eigenvalue weighted by atomic mass is 9.86. The molecule has 1 aliphatic carbocycles. The van der Waals surface area contributed by atoms with Gasteiger partial charge >= 0.3 is 0 Å². The van der Waals surface area contributed by atoms with Crippen LogP contribution in [-0.2, 0) is 0 Å². The van der Waals surface area contributed by atoms with Crippen molar-refractivity contribution < 1.29 is 0 Å². The highest BCUT2D eigenvalue weighted by Gasteiger charge is 2.41. The van der Waals surface area contributed by atoms with Gasteiger partial charge in [-0.15, -0.1) is 0 Å². The van der Waals surface area contributed by atoms with Gasteiger partial charge in [0.05, 0.1) is 0 Å². The van der Waals surface area contributed by atoms with Gasteiger partial charge in [0.15, 0.2) is 0 Å². The van der Waals surface area contributed by atoms with Crippen LogP contribution in [-0.4, -0.2) is 24.0 Å². The first-order valence-electron chi connectivity index (χ1n) is 11.2. The van der Waals surface area contributed by atoms with Crippen molar-refractivity contribution in [1.29, 1.82) is 0 Å². The Morgan fingerprint density at radius 1 is 1.08 bits per heavy atom. The Hall–Kier alpha value is -0.300. The quantitative estimate of drug-likeness (QED) is 0.318. The van der Waals surface area contributed by atoms with Crippen LogP contribution in [0.2, 0.25) is 0 Å². The van der Waals surface area contributed by atoms with Crippen molar-refractivity contribution in [2.45, 2.75) is 105 Å². The number of rotatable bonds is 13. The van der Waals surface area contributed by atoms with E-state index in [0.717, 1.165) is 23.7 Å². The van der Waals surface area contributed by atoms with Gasteiger partial charge in [0, 0.05) is 12.1 Å². The van der Waals surface area contributed by atoms with Crippen LogP contribution in [0, 0.1) is 29.6 Å². The van der Waals surface area contributed by atoms with Gasteiger partial charge in [-0.1, -0.05) is 73.0 Å². The predicted molar refractivity (Wildman–Crippen MR) is 114 cm³/mol. The van der Waals surface area contributed by atoms with E-state index in [0.29, 0.717) is 18.0 Å². The Morgan fingerprint density at radius 3 is 2.20 bits per heavy atom. The Morgan fingerprint density at radius 2 is 1.72 bits per heavy atom. The van der Waals surface area contributed by atoms with E-state index in [1.165, 1.54) is 50.5 Å². The summed E-state index contributed by atoms with van der Waals surface area (Å²) >= 11 is 0. The Balaban J connectivity index is 2.61. The first-order valence-corrected chi connectivity index (χ1v) is 11.2. The smallest absolute Gasteiger partial charge is 0.0304 e. The van der Waals surface area contributed by atoms with E-state index in [1.54, 1.807) is 0 Å². The lowest BCUT2D eigenvalue weighted by Crippen LogP contribution is -2.42. The number of nitrogens with zero attached hydrogens (tertiary/aromatic N) is 1. The average molecular weight is 350 g/mol. The molecule has 6 atom stereocenters. The summed E-state index contributed by atoms with van der Waals surface area (Å²) in [5, 5.41) is 0. The van der Waals surface area contributed by atoms with Crippen LogP contribution >= 0.6 is 0 Å². The highest BCUT2D eigenvalue weighted by Crippen LogP contribution is 2.50. The van der Waals surface area contributed by atoms with Crippen molar-refractivity contribution in [3.8, 4) is 0 Å². The maximum atomic E-state index is 4.58. The fourth-order valence-corrected chi connectivity index (χ4v) is 4.59. The molecule has 0 amide bonds. The van der Waals surface area contributed by atoms with Crippen molar-refractivity contribution in [2.24, 2.45) is 29.6 Å². The first-order chi connectivity index (χ1) is 11.8. The minimum atomic E-state index is 0.556. The standard InChI is InChI=1S/C24H47N/c1-10-13-24(25(9)20(8)17(4)5)19(7)14-21(12-3)15-22-16-23(22)18(6)11-2/h17-18,20-24H,7,10-16H2,1-6,8-9H3. The third-order valence-corrected chi connectivity index (χ3v) is 7.25. The maximum absolute atomic E-state index is 4.58. The normalized spacial score (nSPS) is 25.0. The zero-order valence-electron chi connectivity index (χ0n) is 18.6. The van der Waals surface area contributed by atoms with Gasteiger partial charge in [-0.25, -0.2) is 0 Å². The summed E-state index contributed by atoms with van der Waals surface area (Å²) in [5.74, 6) is 4.49. The third kappa shape index (κ3) is 6.74. The highest BCUT2D eigenvalue weighted by molar-refractivity contribution is 5.08. The van der Waals surface area contributed by atoms with Gasteiger partial charge in [-0.3, -0.25) is 4.90 Å². The van der Waals surface area contributed by atoms with Crippen LogP contribution in [0.1, 0.15) is 93.4 Å². The molecule has 1 nitrogen and oxygen atoms in total. The molecule has 0 aromatic rings. The molecule has 1 fully saturated rings. The zero-order chi connectivity index (χ0) is 19.1. The van der Waals surface area contributed by atoms with Crippen molar-refractivity contribution in [3.63, 3.8) is 0 Å². The lowest BCUT2D eigenvalue weighted by Gasteiger charge is -2.37. The first kappa shape index (κ1) is 22.7. The van der Waals surface area contributed by atoms with E-state index < -0.39 is 0 Å². The van der Waals surface area contributed by atoms with Gasteiger partial charge in [-0.2, -0.15) is 0 Å². The SMILES string of the molecule is C=C(CC(CC)CC1CC1C(C)CC)C(CCC)N(C)C(C)C(C)C. The molecule has 0 spiro atoms. The molecule has 0 radical (unpaired) electrons. The van der Waals surface area contributed by atoms with E-state index in [1.807, 2.05) is 0 Å². The lowest BCUT2D eigenvalue weighted by molar-refractivity contribution is 0.155. The van der Waals surface area contributed by atoms with Gasteiger partial charge < -0.3 is 0 Å². The molecule has 1 aliphatic rings. The Kier molecular flexibility index (Phi) is 9.78. The number of hydrogen-bond donors (Lipinski definition) is 0. The van der Waals surface area contributed by atoms with E-state index in [4.69, 9.17) is 0 Å². The summed E-state index contributed by atoms with van der Waals surface area (Å²) in [7, 11) is 2.32. The summed E-state index contributed by atoms with van der Waals surface area (Å²) in [5.41, 5.74) is 1.49. The Bertz CT molecular complexity index is 386. The highest BCUT2D eigenvalue weighted by atomic mass is 15.2. The maximum Gasteiger partial charge on any atom is 0.0304 e. The Labute approximate surface area is 159 Å². The molecular formula is C24H47N. The fourth-order valence-electron chi connectivity index (χ4n) is 4.59. The molecule has 1 rings (SSSR count). The van der Waals surface area contributed by atoms with E-state index in [9.17, 15) is 0 Å². The summed E-state index contributed by atoms with van der Waals surface area (Å²) in [4.78, 5) is 2.60. The van der Waals surface area contributed by atoms with Gasteiger partial charge in [0.25, 0.3) is 0 Å². The zero-order valence-corrected chi connectivity index (χ0v) is 18.6. The molecule has 1 heteroatoms. The molecule has 0 aliphatic heterocycles. The monoisotopic (exact) mass is 349 g/mol.